The summed E-state index contributed by atoms with van der Waals surface area (Å²) in [5, 5.41) is 4.97. The van der Waals surface area contributed by atoms with E-state index in [1.54, 1.807) is 31.5 Å². The van der Waals surface area contributed by atoms with Crippen molar-refractivity contribution in [3.8, 4) is 10.7 Å². The number of rotatable bonds is 5. The van der Waals surface area contributed by atoms with Crippen LogP contribution in [0.4, 0.5) is 0 Å². The van der Waals surface area contributed by atoms with Crippen molar-refractivity contribution in [1.82, 2.24) is 14.9 Å². The van der Waals surface area contributed by atoms with Crippen molar-refractivity contribution < 1.29 is 4.79 Å². The highest BCUT2D eigenvalue weighted by atomic mass is 32.1. The predicted molar refractivity (Wildman–Crippen MR) is 72.2 cm³/mol. The Kier molecular flexibility index (Phi) is 3.49. The molecule has 0 spiro atoms. The predicted octanol–water partition coefficient (Wildman–Crippen LogP) is 1.07. The first-order valence-electron chi connectivity index (χ1n) is 5.60. The quantitative estimate of drug-likeness (QED) is 0.848. The van der Waals surface area contributed by atoms with Crippen LogP contribution in [0.15, 0.2) is 29.9 Å². The number of carbonyl (C=O) groups is 1. The zero-order valence-corrected chi connectivity index (χ0v) is 11.2. The van der Waals surface area contributed by atoms with E-state index in [2.05, 4.69) is 10.3 Å². The van der Waals surface area contributed by atoms with E-state index in [1.807, 2.05) is 28.3 Å². The number of hydrogen-bond acceptors (Lipinski definition) is 4. The fourth-order valence-electron chi connectivity index (χ4n) is 1.69. The molecule has 0 aliphatic rings. The highest BCUT2D eigenvalue weighted by Gasteiger charge is 2.30. The fraction of sp³-hybridized carbons (Fsp3) is 0.333. The average molecular weight is 264 g/mol. The first-order chi connectivity index (χ1) is 8.57. The Morgan fingerprint density at radius 2 is 2.44 bits per heavy atom. The second-order valence-electron chi connectivity index (χ2n) is 4.30. The molecule has 0 saturated heterocycles. The molecule has 1 atom stereocenters. The molecule has 1 unspecified atom stereocenters. The maximum Gasteiger partial charge on any atom is 0.239 e. The smallest absolute Gasteiger partial charge is 0.239 e. The molecule has 2 heterocycles. The summed E-state index contributed by atoms with van der Waals surface area (Å²) >= 11 is 1.62. The summed E-state index contributed by atoms with van der Waals surface area (Å²) < 4.78 is 1.94. The molecule has 96 valence electrons. The topological polar surface area (TPSA) is 72.9 Å². The molecular formula is C12H16N4OS. The first-order valence-corrected chi connectivity index (χ1v) is 6.48. The van der Waals surface area contributed by atoms with Gasteiger partial charge in [-0.25, -0.2) is 4.98 Å². The number of amides is 1. The van der Waals surface area contributed by atoms with Gasteiger partial charge in [0.25, 0.3) is 0 Å². The maximum atomic E-state index is 11.5. The van der Waals surface area contributed by atoms with E-state index in [4.69, 9.17) is 5.73 Å². The van der Waals surface area contributed by atoms with Crippen LogP contribution in [0.2, 0.25) is 0 Å². The Bertz CT molecular complexity index is 534. The lowest BCUT2D eigenvalue weighted by Gasteiger charge is -2.26. The number of nitrogens with two attached hydrogens (primary N) is 1. The van der Waals surface area contributed by atoms with E-state index < -0.39 is 5.54 Å². The van der Waals surface area contributed by atoms with Gasteiger partial charge in [-0.3, -0.25) is 4.79 Å². The van der Waals surface area contributed by atoms with E-state index >= 15 is 0 Å². The summed E-state index contributed by atoms with van der Waals surface area (Å²) in [4.78, 5) is 16.9. The summed E-state index contributed by atoms with van der Waals surface area (Å²) in [7, 11) is 1.73. The molecule has 2 rings (SSSR count). The van der Waals surface area contributed by atoms with Crippen LogP contribution in [0.3, 0.4) is 0 Å². The molecule has 1 amide bonds. The van der Waals surface area contributed by atoms with Gasteiger partial charge in [0.2, 0.25) is 5.91 Å². The van der Waals surface area contributed by atoms with Gasteiger partial charge in [-0.1, -0.05) is 6.07 Å². The normalized spacial score (nSPS) is 14.3. The largest absolute Gasteiger partial charge is 0.368 e. The number of primary amides is 1. The van der Waals surface area contributed by atoms with Crippen molar-refractivity contribution in [2.24, 2.45) is 5.73 Å². The molecule has 2 aromatic heterocycles. The summed E-state index contributed by atoms with van der Waals surface area (Å²) in [6, 6.07) is 3.98. The third kappa shape index (κ3) is 2.30. The number of likely N-dealkylation sites (N-methyl/N-ethyl adjacent to an activating group) is 1. The highest BCUT2D eigenvalue weighted by Crippen LogP contribution is 2.24. The van der Waals surface area contributed by atoms with E-state index in [0.29, 0.717) is 6.54 Å². The Balaban J connectivity index is 2.31. The zero-order chi connectivity index (χ0) is 13.2. The van der Waals surface area contributed by atoms with Crippen LogP contribution in [0.1, 0.15) is 6.92 Å². The number of thiophene rings is 1. The molecular weight excluding hydrogens is 248 g/mol. The van der Waals surface area contributed by atoms with Crippen LogP contribution in [0.5, 0.6) is 0 Å². The van der Waals surface area contributed by atoms with Gasteiger partial charge in [0, 0.05) is 12.4 Å². The second-order valence-corrected chi connectivity index (χ2v) is 5.25. The molecule has 0 radical (unpaired) electrons. The van der Waals surface area contributed by atoms with Gasteiger partial charge in [0.05, 0.1) is 11.4 Å². The van der Waals surface area contributed by atoms with Crippen LogP contribution in [-0.4, -0.2) is 28.0 Å². The number of aromatic nitrogens is 2. The maximum absolute atomic E-state index is 11.5. The Labute approximate surface area is 110 Å². The summed E-state index contributed by atoms with van der Waals surface area (Å²) in [6.07, 6.45) is 3.58. The fourth-order valence-corrected chi connectivity index (χ4v) is 2.42. The number of carbonyl (C=O) groups excluding carboxylic acids is 1. The first kappa shape index (κ1) is 12.8. The molecule has 0 fully saturated rings. The number of hydrogen-bond donors (Lipinski definition) is 2. The summed E-state index contributed by atoms with van der Waals surface area (Å²) in [6.45, 7) is 2.24. The van der Waals surface area contributed by atoms with E-state index in [0.717, 1.165) is 10.7 Å². The molecule has 0 saturated carbocycles. The molecule has 6 heteroatoms. The van der Waals surface area contributed by atoms with Crippen molar-refractivity contribution in [2.45, 2.75) is 19.0 Å². The molecule has 0 aliphatic carbocycles. The third-order valence-corrected chi connectivity index (χ3v) is 3.91. The van der Waals surface area contributed by atoms with E-state index in [9.17, 15) is 4.79 Å². The van der Waals surface area contributed by atoms with E-state index in [1.165, 1.54) is 0 Å². The molecule has 3 N–H and O–H groups in total. The minimum absolute atomic E-state index is 0.379. The number of nitrogens with one attached hydrogen (secondary N) is 1. The van der Waals surface area contributed by atoms with Crippen molar-refractivity contribution in [2.75, 3.05) is 7.05 Å². The molecule has 5 nitrogen and oxygen atoms in total. The minimum atomic E-state index is -0.785. The molecule has 0 bridgehead atoms. The van der Waals surface area contributed by atoms with Gasteiger partial charge in [0.15, 0.2) is 0 Å². The van der Waals surface area contributed by atoms with Crippen molar-refractivity contribution >= 4 is 17.2 Å². The Hall–Kier alpha value is -1.66. The second kappa shape index (κ2) is 4.91. The van der Waals surface area contributed by atoms with Crippen LogP contribution in [0, 0.1) is 0 Å². The third-order valence-electron chi connectivity index (χ3n) is 3.04. The lowest BCUT2D eigenvalue weighted by atomic mass is 10.0. The van der Waals surface area contributed by atoms with Gasteiger partial charge < -0.3 is 15.6 Å². The number of nitrogens with zero attached hydrogens (tertiary/aromatic N) is 2. The van der Waals surface area contributed by atoms with Crippen molar-refractivity contribution in [3.05, 3.63) is 29.9 Å². The van der Waals surface area contributed by atoms with Crippen LogP contribution in [0.25, 0.3) is 10.7 Å². The van der Waals surface area contributed by atoms with E-state index in [-0.39, 0.29) is 5.91 Å². The average Bonchev–Trinajstić information content (AvgIpc) is 2.98. The van der Waals surface area contributed by atoms with Gasteiger partial charge in [-0.05, 0) is 25.4 Å². The van der Waals surface area contributed by atoms with Gasteiger partial charge in [-0.15, -0.1) is 11.3 Å². The highest BCUT2D eigenvalue weighted by molar-refractivity contribution is 7.13. The Morgan fingerprint density at radius 3 is 3.00 bits per heavy atom. The number of imidazole rings is 1. The molecule has 0 aromatic carbocycles. The molecule has 0 aliphatic heterocycles. The van der Waals surface area contributed by atoms with Crippen LogP contribution in [-0.2, 0) is 11.3 Å². The summed E-state index contributed by atoms with van der Waals surface area (Å²) in [5.74, 6) is 0.476. The van der Waals surface area contributed by atoms with Gasteiger partial charge in [0.1, 0.15) is 11.4 Å². The standard InChI is InChI=1S/C12H16N4OS/c1-12(14-2,11(13)17)8-16-6-5-15-10(16)9-4-3-7-18-9/h3-7,14H,8H2,1-2H3,(H2,13,17). The minimum Gasteiger partial charge on any atom is -0.368 e. The van der Waals surface area contributed by atoms with Crippen LogP contribution >= 0.6 is 11.3 Å². The SMILES string of the molecule is CNC(C)(Cn1ccnc1-c1cccs1)C(N)=O. The van der Waals surface area contributed by atoms with Crippen molar-refractivity contribution in [3.63, 3.8) is 0 Å². The van der Waals surface area contributed by atoms with Gasteiger partial charge in [-0.2, -0.15) is 0 Å². The lowest BCUT2D eigenvalue weighted by Crippen LogP contribution is -2.54. The van der Waals surface area contributed by atoms with Gasteiger partial charge >= 0.3 is 0 Å². The monoisotopic (exact) mass is 264 g/mol. The molecule has 2 aromatic rings. The summed E-state index contributed by atoms with van der Waals surface area (Å²) in [5.41, 5.74) is 4.65. The Morgan fingerprint density at radius 1 is 1.67 bits per heavy atom. The zero-order valence-electron chi connectivity index (χ0n) is 10.4. The molecule has 18 heavy (non-hydrogen) atoms. The lowest BCUT2D eigenvalue weighted by molar-refractivity contribution is -0.124. The van der Waals surface area contributed by atoms with Crippen molar-refractivity contribution in [1.29, 1.82) is 0 Å². The van der Waals surface area contributed by atoms with Crippen LogP contribution < -0.4 is 11.1 Å².